The minimum atomic E-state index is -0.520. The number of nitro groups is 1. The summed E-state index contributed by atoms with van der Waals surface area (Å²) in [7, 11) is 0. The van der Waals surface area contributed by atoms with Gasteiger partial charge in [-0.05, 0) is 31.2 Å². The van der Waals surface area contributed by atoms with Crippen molar-refractivity contribution in [2.45, 2.75) is 6.92 Å². The number of aromatic nitrogens is 2. The van der Waals surface area contributed by atoms with Gasteiger partial charge in [0.25, 0.3) is 11.6 Å². The molecule has 0 aliphatic rings. The van der Waals surface area contributed by atoms with Gasteiger partial charge in [-0.1, -0.05) is 35.3 Å². The van der Waals surface area contributed by atoms with E-state index in [2.05, 4.69) is 20.7 Å². The summed E-state index contributed by atoms with van der Waals surface area (Å²) in [5.41, 5.74) is 4.54. The van der Waals surface area contributed by atoms with Crippen LogP contribution in [-0.4, -0.2) is 26.7 Å². The van der Waals surface area contributed by atoms with Crippen LogP contribution in [0.2, 0.25) is 10.0 Å². The standard InChI is InChI=1S/C18H13Cl2N5O3/c1-10(11-3-2-4-13(7-11)25(27)28)21-24-18(26)17-9-16(22-23-17)14-6-5-12(19)8-15(14)20/h2-9H,1H3,(H,22,23)(H,24,26)/b21-10+. The number of carbonyl (C=O) groups excluding carboxylic acids is 1. The highest BCUT2D eigenvalue weighted by Crippen LogP contribution is 2.29. The summed E-state index contributed by atoms with van der Waals surface area (Å²) in [4.78, 5) is 22.6. The van der Waals surface area contributed by atoms with Crippen LogP contribution in [0.4, 0.5) is 5.69 Å². The smallest absolute Gasteiger partial charge is 0.272 e. The number of carbonyl (C=O) groups is 1. The number of hydrazone groups is 1. The molecule has 8 nitrogen and oxygen atoms in total. The summed E-state index contributed by atoms with van der Waals surface area (Å²) in [6.07, 6.45) is 0. The molecule has 142 valence electrons. The zero-order valence-electron chi connectivity index (χ0n) is 14.4. The lowest BCUT2D eigenvalue weighted by atomic mass is 10.1. The summed E-state index contributed by atoms with van der Waals surface area (Å²) in [5, 5.41) is 22.4. The van der Waals surface area contributed by atoms with Gasteiger partial charge in [-0.15, -0.1) is 0 Å². The summed E-state index contributed by atoms with van der Waals surface area (Å²) in [6, 6.07) is 12.4. The Morgan fingerprint density at radius 2 is 2.00 bits per heavy atom. The number of nitrogens with one attached hydrogen (secondary N) is 2. The van der Waals surface area contributed by atoms with E-state index < -0.39 is 10.8 Å². The van der Waals surface area contributed by atoms with E-state index >= 15 is 0 Å². The second-order valence-corrected chi connectivity index (χ2v) is 6.58. The quantitative estimate of drug-likeness (QED) is 0.362. The van der Waals surface area contributed by atoms with Crippen molar-refractivity contribution < 1.29 is 9.72 Å². The molecule has 0 aliphatic carbocycles. The summed E-state index contributed by atoms with van der Waals surface area (Å²) in [5.74, 6) is -0.520. The van der Waals surface area contributed by atoms with Crippen LogP contribution in [-0.2, 0) is 0 Å². The molecular weight excluding hydrogens is 405 g/mol. The largest absolute Gasteiger partial charge is 0.289 e. The first-order valence-corrected chi connectivity index (χ1v) is 8.71. The normalized spacial score (nSPS) is 11.3. The van der Waals surface area contributed by atoms with Crippen LogP contribution in [0, 0.1) is 10.1 Å². The molecule has 2 aromatic carbocycles. The number of halogens is 2. The molecule has 2 N–H and O–H groups in total. The van der Waals surface area contributed by atoms with Gasteiger partial charge >= 0.3 is 0 Å². The minimum Gasteiger partial charge on any atom is -0.272 e. The Morgan fingerprint density at radius 3 is 2.71 bits per heavy atom. The van der Waals surface area contributed by atoms with Crippen molar-refractivity contribution >= 4 is 40.5 Å². The molecule has 28 heavy (non-hydrogen) atoms. The molecule has 1 heterocycles. The number of hydrogen-bond donors (Lipinski definition) is 2. The number of hydrogen-bond acceptors (Lipinski definition) is 5. The van der Waals surface area contributed by atoms with Crippen molar-refractivity contribution in [3.63, 3.8) is 0 Å². The molecule has 3 aromatic rings. The van der Waals surface area contributed by atoms with E-state index in [1.54, 1.807) is 37.3 Å². The Labute approximate surface area is 169 Å². The van der Waals surface area contributed by atoms with Gasteiger partial charge in [-0.2, -0.15) is 10.2 Å². The zero-order valence-corrected chi connectivity index (χ0v) is 16.0. The molecule has 1 amide bonds. The number of non-ortho nitro benzene ring substituents is 1. The van der Waals surface area contributed by atoms with Gasteiger partial charge in [0.15, 0.2) is 0 Å². The molecule has 0 radical (unpaired) electrons. The van der Waals surface area contributed by atoms with Crippen molar-refractivity contribution in [2.75, 3.05) is 0 Å². The predicted molar refractivity (Wildman–Crippen MR) is 107 cm³/mol. The molecule has 3 rings (SSSR count). The van der Waals surface area contributed by atoms with E-state index in [1.165, 1.54) is 18.2 Å². The Bertz CT molecular complexity index is 1090. The van der Waals surface area contributed by atoms with Gasteiger partial charge in [0, 0.05) is 28.3 Å². The SMILES string of the molecule is C/C(=N\NC(=O)c1cc(-c2ccc(Cl)cc2Cl)n[nH]1)c1cccc([N+](=O)[O-])c1. The summed E-state index contributed by atoms with van der Waals surface area (Å²) in [6.45, 7) is 1.63. The second kappa shape index (κ2) is 8.20. The van der Waals surface area contributed by atoms with E-state index in [-0.39, 0.29) is 11.4 Å². The molecule has 0 saturated carbocycles. The first-order valence-electron chi connectivity index (χ1n) is 7.95. The number of nitrogens with zero attached hydrogens (tertiary/aromatic N) is 3. The molecule has 0 fully saturated rings. The van der Waals surface area contributed by atoms with Gasteiger partial charge in [-0.25, -0.2) is 5.43 Å². The second-order valence-electron chi connectivity index (χ2n) is 5.74. The number of H-pyrrole nitrogens is 1. The van der Waals surface area contributed by atoms with Crippen LogP contribution in [0.25, 0.3) is 11.3 Å². The highest BCUT2D eigenvalue weighted by atomic mass is 35.5. The fraction of sp³-hybridized carbons (Fsp3) is 0.0556. The average molecular weight is 418 g/mol. The maximum Gasteiger partial charge on any atom is 0.289 e. The number of nitro benzene ring substituents is 1. The van der Waals surface area contributed by atoms with Gasteiger partial charge in [0.1, 0.15) is 5.69 Å². The van der Waals surface area contributed by atoms with E-state index in [9.17, 15) is 14.9 Å². The molecule has 10 heteroatoms. The zero-order chi connectivity index (χ0) is 20.3. The van der Waals surface area contributed by atoms with Crippen LogP contribution in [0.1, 0.15) is 23.0 Å². The number of aromatic amines is 1. The predicted octanol–water partition coefficient (Wildman–Crippen LogP) is 4.45. The van der Waals surface area contributed by atoms with E-state index in [4.69, 9.17) is 23.2 Å². The maximum atomic E-state index is 12.3. The Morgan fingerprint density at radius 1 is 1.21 bits per heavy atom. The number of amides is 1. The maximum absolute atomic E-state index is 12.3. The van der Waals surface area contributed by atoms with E-state index in [0.29, 0.717) is 32.6 Å². The molecular formula is C18H13Cl2N5O3. The highest BCUT2D eigenvalue weighted by Gasteiger charge is 2.13. The average Bonchev–Trinajstić information content (AvgIpc) is 3.15. The molecule has 0 aliphatic heterocycles. The Hall–Kier alpha value is -3.23. The molecule has 0 unspecified atom stereocenters. The third-order valence-electron chi connectivity index (χ3n) is 3.83. The first kappa shape index (κ1) is 19.5. The van der Waals surface area contributed by atoms with Crippen molar-refractivity contribution in [2.24, 2.45) is 5.10 Å². The fourth-order valence-electron chi connectivity index (χ4n) is 2.38. The van der Waals surface area contributed by atoms with Crippen LogP contribution in [0.5, 0.6) is 0 Å². The summed E-state index contributed by atoms with van der Waals surface area (Å²) >= 11 is 12.0. The molecule has 0 spiro atoms. The van der Waals surface area contributed by atoms with Gasteiger partial charge in [-0.3, -0.25) is 20.0 Å². The number of rotatable bonds is 5. The minimum absolute atomic E-state index is 0.0589. The van der Waals surface area contributed by atoms with E-state index in [1.807, 2.05) is 0 Å². The lowest BCUT2D eigenvalue weighted by molar-refractivity contribution is -0.384. The molecule has 0 saturated heterocycles. The van der Waals surface area contributed by atoms with Crippen molar-refractivity contribution in [1.82, 2.24) is 15.6 Å². The lowest BCUT2D eigenvalue weighted by Crippen LogP contribution is -2.19. The van der Waals surface area contributed by atoms with Crippen LogP contribution >= 0.6 is 23.2 Å². The van der Waals surface area contributed by atoms with Gasteiger partial charge in [0.05, 0.1) is 21.4 Å². The molecule has 0 atom stereocenters. The van der Waals surface area contributed by atoms with Gasteiger partial charge in [0.2, 0.25) is 0 Å². The number of benzene rings is 2. The highest BCUT2D eigenvalue weighted by molar-refractivity contribution is 6.36. The van der Waals surface area contributed by atoms with Crippen molar-refractivity contribution in [1.29, 1.82) is 0 Å². The van der Waals surface area contributed by atoms with E-state index in [0.717, 1.165) is 0 Å². The fourth-order valence-corrected chi connectivity index (χ4v) is 2.88. The monoisotopic (exact) mass is 417 g/mol. The van der Waals surface area contributed by atoms with Crippen LogP contribution in [0.3, 0.4) is 0 Å². The van der Waals surface area contributed by atoms with Crippen molar-refractivity contribution in [3.8, 4) is 11.3 Å². The lowest BCUT2D eigenvalue weighted by Gasteiger charge is -2.02. The summed E-state index contributed by atoms with van der Waals surface area (Å²) < 4.78 is 0. The topological polar surface area (TPSA) is 113 Å². The third-order valence-corrected chi connectivity index (χ3v) is 4.38. The first-order chi connectivity index (χ1) is 13.3. The molecule has 1 aromatic heterocycles. The van der Waals surface area contributed by atoms with Gasteiger partial charge < -0.3 is 0 Å². The Kier molecular flexibility index (Phi) is 5.72. The molecule has 0 bridgehead atoms. The van der Waals surface area contributed by atoms with Crippen molar-refractivity contribution in [3.05, 3.63) is 79.9 Å². The van der Waals surface area contributed by atoms with Crippen LogP contribution in [0.15, 0.2) is 53.6 Å². The van der Waals surface area contributed by atoms with Crippen LogP contribution < -0.4 is 5.43 Å². The third kappa shape index (κ3) is 4.36. The Balaban J connectivity index is 1.75.